The second-order valence-electron chi connectivity index (χ2n) is 15.7. The van der Waals surface area contributed by atoms with Crippen molar-refractivity contribution in [2.24, 2.45) is 0 Å². The lowest BCUT2D eigenvalue weighted by Gasteiger charge is -2.17. The van der Waals surface area contributed by atoms with Crippen molar-refractivity contribution in [3.8, 4) is 89.4 Å². The van der Waals surface area contributed by atoms with Crippen LogP contribution in [0.2, 0.25) is 0 Å². The molecule has 0 amide bonds. The highest BCUT2D eigenvalue weighted by molar-refractivity contribution is 6.18. The Labute approximate surface area is 362 Å². The number of benzene rings is 9. The van der Waals surface area contributed by atoms with Crippen molar-refractivity contribution in [2.75, 3.05) is 0 Å². The minimum absolute atomic E-state index is 0.924. The molecule has 0 atom stereocenters. The van der Waals surface area contributed by atoms with Gasteiger partial charge in [0, 0.05) is 27.6 Å². The third-order valence-electron chi connectivity index (χ3n) is 11.9. The van der Waals surface area contributed by atoms with Gasteiger partial charge in [-0.2, -0.15) is 0 Å². The molecule has 0 aliphatic heterocycles. The highest BCUT2D eigenvalue weighted by Gasteiger charge is 2.18. The van der Waals surface area contributed by atoms with Crippen molar-refractivity contribution in [2.45, 2.75) is 0 Å². The van der Waals surface area contributed by atoms with Crippen LogP contribution in [0.5, 0.6) is 0 Å². The van der Waals surface area contributed by atoms with Crippen molar-refractivity contribution in [1.82, 2.24) is 9.97 Å². The van der Waals surface area contributed by atoms with Gasteiger partial charge in [0.2, 0.25) is 0 Å². The van der Waals surface area contributed by atoms with Crippen LogP contribution in [0.1, 0.15) is 0 Å². The van der Waals surface area contributed by atoms with Crippen LogP contribution < -0.4 is 0 Å². The van der Waals surface area contributed by atoms with Gasteiger partial charge in [-0.15, -0.1) is 0 Å². The van der Waals surface area contributed by atoms with Crippen LogP contribution in [0, 0.1) is 0 Å². The zero-order chi connectivity index (χ0) is 41.2. The van der Waals surface area contributed by atoms with Crippen LogP contribution in [0.4, 0.5) is 0 Å². The predicted octanol–water partition coefficient (Wildman–Crippen LogP) is 16.1. The summed E-state index contributed by atoms with van der Waals surface area (Å²) in [6.45, 7) is 0. The van der Waals surface area contributed by atoms with Crippen LogP contribution in [-0.4, -0.2) is 9.97 Å². The Hall–Kier alpha value is -8.20. The van der Waals surface area contributed by atoms with Crippen LogP contribution in [0.15, 0.2) is 243 Å². The van der Waals surface area contributed by atoms with E-state index >= 15 is 0 Å². The molecule has 11 rings (SSSR count). The molecule has 0 aliphatic rings. The van der Waals surface area contributed by atoms with Crippen LogP contribution in [0.3, 0.4) is 0 Å². The summed E-state index contributed by atoms with van der Waals surface area (Å²) in [5, 5.41) is 3.52. The van der Waals surface area contributed by atoms with Gasteiger partial charge in [-0.25, -0.2) is 9.97 Å². The molecule has 0 N–H and O–H groups in total. The molecule has 11 aromatic rings. The van der Waals surface area contributed by atoms with Crippen molar-refractivity contribution in [1.29, 1.82) is 0 Å². The monoisotopic (exact) mass is 788 g/mol. The fourth-order valence-corrected chi connectivity index (χ4v) is 8.70. The molecule has 2 heteroatoms. The van der Waals surface area contributed by atoms with Crippen molar-refractivity contribution in [3.63, 3.8) is 0 Å². The van der Waals surface area contributed by atoms with Gasteiger partial charge < -0.3 is 0 Å². The third-order valence-corrected chi connectivity index (χ3v) is 11.9. The summed E-state index contributed by atoms with van der Waals surface area (Å²) in [6, 6.07) is 86.5. The third kappa shape index (κ3) is 7.14. The molecule has 0 saturated carbocycles. The average molecular weight is 789 g/mol. The summed E-state index contributed by atoms with van der Waals surface area (Å²) >= 11 is 0. The summed E-state index contributed by atoms with van der Waals surface area (Å²) in [5.74, 6) is 0. The molecule has 0 bridgehead atoms. The molecule has 0 aliphatic carbocycles. The molecule has 0 saturated heterocycles. The van der Waals surface area contributed by atoms with E-state index in [4.69, 9.17) is 9.97 Å². The fourth-order valence-electron chi connectivity index (χ4n) is 8.70. The lowest BCUT2D eigenvalue weighted by atomic mass is 9.89. The Bertz CT molecular complexity index is 3240. The van der Waals surface area contributed by atoms with Gasteiger partial charge in [-0.1, -0.05) is 212 Å². The molecule has 0 fully saturated rings. The number of rotatable bonds is 8. The molecule has 2 nitrogen and oxygen atoms in total. The lowest BCUT2D eigenvalue weighted by Crippen LogP contribution is -1.95. The molecule has 0 spiro atoms. The van der Waals surface area contributed by atoms with Crippen LogP contribution >= 0.6 is 0 Å². The maximum atomic E-state index is 5.52. The number of fused-ring (bicyclic) bond motifs is 3. The largest absolute Gasteiger partial charge is 0.248 e. The predicted molar refractivity (Wildman–Crippen MR) is 261 cm³/mol. The van der Waals surface area contributed by atoms with Gasteiger partial charge in [0.15, 0.2) is 0 Å². The molecule has 0 unspecified atom stereocenters. The van der Waals surface area contributed by atoms with Crippen LogP contribution in [0.25, 0.3) is 111 Å². The fraction of sp³-hybridized carbons (Fsp3) is 0. The number of pyridine rings is 2. The zero-order valence-electron chi connectivity index (χ0n) is 34.0. The van der Waals surface area contributed by atoms with E-state index in [0.29, 0.717) is 0 Å². The summed E-state index contributed by atoms with van der Waals surface area (Å²) in [7, 11) is 0. The SMILES string of the molecule is c1ccc(-c2ccc(-c3cc(-c4cccc(-c5cc6ccccc6c6c(-c7ccccc7)cc(-c7ccccc7)nc56)c4)cc(-c4ccc(-c5ccccc5)cc4)n3)cc2)cc1. The van der Waals surface area contributed by atoms with Crippen molar-refractivity contribution < 1.29 is 0 Å². The summed E-state index contributed by atoms with van der Waals surface area (Å²) in [5.41, 5.74) is 18.5. The van der Waals surface area contributed by atoms with E-state index in [9.17, 15) is 0 Å². The van der Waals surface area contributed by atoms with Crippen molar-refractivity contribution >= 4 is 21.7 Å². The van der Waals surface area contributed by atoms with Gasteiger partial charge >= 0.3 is 0 Å². The Morgan fingerprint density at radius 2 is 0.645 bits per heavy atom. The highest BCUT2D eigenvalue weighted by atomic mass is 14.7. The van der Waals surface area contributed by atoms with E-state index in [1.165, 1.54) is 44.2 Å². The topological polar surface area (TPSA) is 25.8 Å². The molecule has 2 heterocycles. The van der Waals surface area contributed by atoms with E-state index < -0.39 is 0 Å². The van der Waals surface area contributed by atoms with E-state index in [1.54, 1.807) is 0 Å². The lowest BCUT2D eigenvalue weighted by molar-refractivity contribution is 1.32. The number of hydrogen-bond donors (Lipinski definition) is 0. The highest BCUT2D eigenvalue weighted by Crippen LogP contribution is 2.42. The summed E-state index contributed by atoms with van der Waals surface area (Å²) in [6.07, 6.45) is 0. The first-order valence-electron chi connectivity index (χ1n) is 21.1. The molecule has 0 radical (unpaired) electrons. The Kier molecular flexibility index (Phi) is 9.57. The van der Waals surface area contributed by atoms with Gasteiger partial charge in [0.25, 0.3) is 0 Å². The first-order valence-corrected chi connectivity index (χ1v) is 21.1. The molecular weight excluding hydrogens is 749 g/mol. The van der Waals surface area contributed by atoms with Gasteiger partial charge in [0.1, 0.15) is 0 Å². The number of nitrogens with zero attached hydrogens (tertiary/aromatic N) is 2. The van der Waals surface area contributed by atoms with Gasteiger partial charge in [-0.3, -0.25) is 0 Å². The van der Waals surface area contributed by atoms with Gasteiger partial charge in [0.05, 0.1) is 22.6 Å². The summed E-state index contributed by atoms with van der Waals surface area (Å²) < 4.78 is 0. The second kappa shape index (κ2) is 16.1. The standard InChI is InChI=1S/C60H40N2/c1-5-16-41(17-6-1)43-28-32-47(33-29-43)56-38-52(39-57(61-56)48-34-30-44(31-35-48)42-18-7-2-8-19-42)49-25-15-26-50(36-49)55-37-51-24-13-14-27-53(51)59-54(45-20-9-3-10-21-45)40-58(62-60(55)59)46-22-11-4-12-23-46/h1-40H. The molecule has 62 heavy (non-hydrogen) atoms. The second-order valence-corrected chi connectivity index (χ2v) is 15.7. The Morgan fingerprint density at radius 1 is 0.226 bits per heavy atom. The summed E-state index contributed by atoms with van der Waals surface area (Å²) in [4.78, 5) is 10.8. The minimum atomic E-state index is 0.924. The number of aromatic nitrogens is 2. The quantitative estimate of drug-likeness (QED) is 0.143. The normalized spacial score (nSPS) is 11.2. The van der Waals surface area contributed by atoms with E-state index in [2.05, 4.69) is 243 Å². The van der Waals surface area contributed by atoms with E-state index in [0.717, 1.165) is 66.9 Å². The van der Waals surface area contributed by atoms with Gasteiger partial charge in [-0.05, 0) is 91.2 Å². The smallest absolute Gasteiger partial charge is 0.0800 e. The Morgan fingerprint density at radius 3 is 1.23 bits per heavy atom. The first-order chi connectivity index (χ1) is 30.7. The molecular formula is C60H40N2. The van der Waals surface area contributed by atoms with Crippen LogP contribution in [-0.2, 0) is 0 Å². The van der Waals surface area contributed by atoms with E-state index in [1.807, 2.05) is 0 Å². The minimum Gasteiger partial charge on any atom is -0.248 e. The molecule has 2 aromatic heterocycles. The number of hydrogen-bond acceptors (Lipinski definition) is 2. The first kappa shape index (κ1) is 36.8. The zero-order valence-corrected chi connectivity index (χ0v) is 34.0. The maximum Gasteiger partial charge on any atom is 0.0800 e. The molecule has 290 valence electrons. The average Bonchev–Trinajstić information content (AvgIpc) is 3.37. The van der Waals surface area contributed by atoms with E-state index in [-0.39, 0.29) is 0 Å². The maximum absolute atomic E-state index is 5.52. The van der Waals surface area contributed by atoms with Crippen molar-refractivity contribution in [3.05, 3.63) is 243 Å². The molecule has 9 aromatic carbocycles. The Balaban J connectivity index is 1.09.